The first-order valence-corrected chi connectivity index (χ1v) is 18.7. The fourth-order valence-corrected chi connectivity index (χ4v) is 8.90. The van der Waals surface area contributed by atoms with Crippen molar-refractivity contribution in [2.24, 2.45) is 4.99 Å². The minimum absolute atomic E-state index is 0.269. The van der Waals surface area contributed by atoms with Crippen LogP contribution < -0.4 is 5.32 Å². The van der Waals surface area contributed by atoms with E-state index < -0.39 is 11.2 Å². The van der Waals surface area contributed by atoms with Gasteiger partial charge in [-0.05, 0) is 88.8 Å². The third kappa shape index (κ3) is 7.63. The van der Waals surface area contributed by atoms with Gasteiger partial charge in [0.1, 0.15) is 44.5 Å². The van der Waals surface area contributed by atoms with E-state index >= 15 is 0 Å². The number of fused-ring (bicyclic) bond motifs is 7. The molecule has 0 unspecified atom stereocenters. The van der Waals surface area contributed by atoms with Gasteiger partial charge in [0.2, 0.25) is 0 Å². The van der Waals surface area contributed by atoms with E-state index in [0.29, 0.717) is 31.3 Å². The minimum Gasteiger partial charge on any atom is -0.444 e. The number of anilines is 2. The molecule has 1 N–H and O–H groups in total. The molecule has 0 bridgehead atoms. The van der Waals surface area contributed by atoms with Crippen molar-refractivity contribution >= 4 is 84.6 Å². The summed E-state index contributed by atoms with van der Waals surface area (Å²) in [5.41, 5.74) is 4.77. The number of halogens is 1. The number of thiophene rings is 2. The highest BCUT2D eigenvalue weighted by Gasteiger charge is 2.30. The van der Waals surface area contributed by atoms with Crippen molar-refractivity contribution in [3.05, 3.63) is 68.0 Å². The van der Waals surface area contributed by atoms with Gasteiger partial charge in [-0.25, -0.2) is 29.5 Å². The van der Waals surface area contributed by atoms with Crippen LogP contribution in [0.1, 0.15) is 73.6 Å². The Morgan fingerprint density at radius 2 is 1.37 bits per heavy atom. The zero-order valence-corrected chi connectivity index (χ0v) is 31.8. The highest BCUT2D eigenvalue weighted by Crippen LogP contribution is 2.39. The Morgan fingerprint density at radius 3 is 1.98 bits per heavy atom. The molecule has 8 rings (SSSR count). The molecule has 266 valence electrons. The van der Waals surface area contributed by atoms with Gasteiger partial charge in [-0.2, -0.15) is 0 Å². The topological polar surface area (TPSA) is 135 Å². The monoisotopic (exact) mass is 746 g/mol. The van der Waals surface area contributed by atoms with Crippen LogP contribution in [0.25, 0.3) is 20.4 Å². The summed E-state index contributed by atoms with van der Waals surface area (Å²) in [6, 6.07) is 6.26. The molecule has 3 aliphatic rings. The minimum atomic E-state index is -0.499. The van der Waals surface area contributed by atoms with Crippen molar-refractivity contribution in [1.82, 2.24) is 29.7 Å². The molecule has 0 radical (unpaired) electrons. The van der Waals surface area contributed by atoms with Gasteiger partial charge in [0, 0.05) is 34.7 Å². The van der Waals surface area contributed by atoms with E-state index in [1.807, 2.05) is 47.8 Å². The lowest BCUT2D eigenvalue weighted by Gasteiger charge is -2.30. The molecule has 0 atom stereocenters. The average molecular weight is 747 g/mol. The van der Waals surface area contributed by atoms with Gasteiger partial charge in [0.25, 0.3) is 0 Å². The number of carbonyl (C=O) groups is 2. The molecule has 3 aliphatic heterocycles. The Morgan fingerprint density at radius 1 is 0.804 bits per heavy atom. The van der Waals surface area contributed by atoms with Crippen LogP contribution in [0.15, 0.2) is 35.8 Å². The first-order chi connectivity index (χ1) is 24.2. The van der Waals surface area contributed by atoms with Gasteiger partial charge in [-0.15, -0.1) is 22.7 Å². The van der Waals surface area contributed by atoms with Gasteiger partial charge in [0.15, 0.2) is 0 Å². The summed E-state index contributed by atoms with van der Waals surface area (Å²) in [6.07, 6.45) is 5.94. The summed E-state index contributed by atoms with van der Waals surface area (Å²) in [5.74, 6) is 0.804. The lowest BCUT2D eigenvalue weighted by Crippen LogP contribution is -2.39. The summed E-state index contributed by atoms with van der Waals surface area (Å²) in [5, 5.41) is 5.94. The Labute approximate surface area is 308 Å². The quantitative estimate of drug-likeness (QED) is 0.177. The molecule has 0 aliphatic carbocycles. The zero-order valence-electron chi connectivity index (χ0n) is 29.4. The van der Waals surface area contributed by atoms with E-state index in [1.165, 1.54) is 23.0 Å². The molecule has 0 fully saturated rings. The average Bonchev–Trinajstić information content (AvgIpc) is 3.78. The van der Waals surface area contributed by atoms with E-state index in [1.54, 1.807) is 38.8 Å². The first-order valence-electron chi connectivity index (χ1n) is 16.7. The van der Waals surface area contributed by atoms with Crippen LogP contribution in [0, 0.1) is 0 Å². The zero-order chi connectivity index (χ0) is 36.1. The third-order valence-corrected chi connectivity index (χ3v) is 11.0. The van der Waals surface area contributed by atoms with Crippen LogP contribution in [-0.4, -0.2) is 72.4 Å². The van der Waals surface area contributed by atoms with Crippen molar-refractivity contribution in [3.8, 4) is 0 Å². The van der Waals surface area contributed by atoms with Crippen molar-refractivity contribution < 1.29 is 19.1 Å². The maximum absolute atomic E-state index is 12.5. The third-order valence-electron chi connectivity index (χ3n) is 8.43. The molecule has 7 heterocycles. The highest BCUT2D eigenvalue weighted by atomic mass is 35.5. The maximum Gasteiger partial charge on any atom is 0.410 e. The van der Waals surface area contributed by atoms with Crippen LogP contribution in [0.3, 0.4) is 0 Å². The molecule has 12 nitrogen and oxygen atoms in total. The van der Waals surface area contributed by atoms with Crippen molar-refractivity contribution in [2.75, 3.05) is 18.4 Å². The van der Waals surface area contributed by atoms with Crippen LogP contribution in [0.5, 0.6) is 0 Å². The number of ether oxygens (including phenoxy) is 2. The smallest absolute Gasteiger partial charge is 0.410 e. The number of aromatic nitrogens is 4. The van der Waals surface area contributed by atoms with E-state index in [9.17, 15) is 9.59 Å². The molecule has 15 heteroatoms. The Kier molecular flexibility index (Phi) is 9.35. The Bertz CT molecular complexity index is 2190. The molecule has 0 saturated carbocycles. The number of rotatable bonds is 2. The van der Waals surface area contributed by atoms with E-state index in [2.05, 4.69) is 48.4 Å². The van der Waals surface area contributed by atoms with Crippen molar-refractivity contribution in [1.29, 1.82) is 0 Å². The predicted molar refractivity (Wildman–Crippen MR) is 202 cm³/mol. The standard InChI is InChI=1S/C22H23N5O2S.C14H16ClN3O2S/c1-22(2,3)29-21(28)27-7-6-16-17(11-27)30-20-18(16)19(24-12-25-20)26-15-5-4-13-9-23-10-14(13)8-15;1-14(2,3)20-13(19)18-5-4-8-9(6-18)21-12-10(8)11(15)16-7-17-12/h4-5,8,10,12H,6-7,9,11H2,1-3H3,(H,24,25,26);7H,4-6H2,1-3H3. The Balaban J connectivity index is 0.000000170. The fourth-order valence-electron chi connectivity index (χ4n) is 6.19. The van der Waals surface area contributed by atoms with Crippen LogP contribution >= 0.6 is 34.3 Å². The molecule has 5 aromatic rings. The molecule has 0 spiro atoms. The number of nitrogens with one attached hydrogen (secondary N) is 1. The fraction of sp³-hybridized carbons (Fsp3) is 0.417. The second-order valence-electron chi connectivity index (χ2n) is 14.6. The molecule has 4 aromatic heterocycles. The van der Waals surface area contributed by atoms with Gasteiger partial charge in [-0.1, -0.05) is 17.7 Å². The predicted octanol–water partition coefficient (Wildman–Crippen LogP) is 8.30. The molecular formula is C36H39ClN8O4S2. The number of amides is 2. The lowest BCUT2D eigenvalue weighted by atomic mass is 10.0. The number of carbonyl (C=O) groups excluding carboxylic acids is 2. The molecule has 51 heavy (non-hydrogen) atoms. The van der Waals surface area contributed by atoms with Crippen LogP contribution in [0.2, 0.25) is 5.15 Å². The maximum atomic E-state index is 12.5. The van der Waals surface area contributed by atoms with Crippen LogP contribution in [0.4, 0.5) is 21.1 Å². The molecular weight excluding hydrogens is 708 g/mol. The largest absolute Gasteiger partial charge is 0.444 e. The number of nitrogens with zero attached hydrogens (tertiary/aromatic N) is 7. The number of hydrogen-bond donors (Lipinski definition) is 1. The normalized spacial score (nSPS) is 15.2. The van der Waals surface area contributed by atoms with E-state index in [4.69, 9.17) is 21.1 Å². The molecule has 0 saturated heterocycles. The number of aliphatic imine (C=N–C) groups is 1. The molecule has 2 amide bonds. The van der Waals surface area contributed by atoms with Crippen molar-refractivity contribution in [3.63, 3.8) is 0 Å². The SMILES string of the molecule is CC(C)(C)OC(=O)N1CCc2c(sc3ncnc(Cl)c23)C1.CC(C)(C)OC(=O)N1CCc2c(sc3ncnc(Nc4ccc5c(c4)C=NC5)c23)C1. The van der Waals surface area contributed by atoms with Crippen LogP contribution in [-0.2, 0) is 41.9 Å². The first kappa shape index (κ1) is 35.0. The lowest BCUT2D eigenvalue weighted by molar-refractivity contribution is 0.0217. The van der Waals surface area contributed by atoms with Crippen molar-refractivity contribution in [2.45, 2.75) is 85.2 Å². The van der Waals surface area contributed by atoms with Gasteiger partial charge < -0.3 is 24.6 Å². The second-order valence-corrected chi connectivity index (χ2v) is 17.1. The summed E-state index contributed by atoms with van der Waals surface area (Å²) < 4.78 is 11.0. The molecule has 1 aromatic carbocycles. The summed E-state index contributed by atoms with van der Waals surface area (Å²) in [4.78, 5) is 53.9. The summed E-state index contributed by atoms with van der Waals surface area (Å²) in [7, 11) is 0. The van der Waals surface area contributed by atoms with Gasteiger partial charge in [0.05, 0.1) is 30.4 Å². The number of benzene rings is 1. The highest BCUT2D eigenvalue weighted by molar-refractivity contribution is 7.19. The van der Waals surface area contributed by atoms with E-state index in [0.717, 1.165) is 66.6 Å². The van der Waals surface area contributed by atoms with E-state index in [-0.39, 0.29) is 12.2 Å². The summed E-state index contributed by atoms with van der Waals surface area (Å²) in [6.45, 7) is 14.4. The second kappa shape index (κ2) is 13.6. The Hall–Kier alpha value is -4.40. The van der Waals surface area contributed by atoms with Gasteiger partial charge in [-0.3, -0.25) is 4.99 Å². The summed E-state index contributed by atoms with van der Waals surface area (Å²) >= 11 is 9.36. The van der Waals surface area contributed by atoms with Gasteiger partial charge >= 0.3 is 12.2 Å². The number of hydrogen-bond acceptors (Lipinski definition) is 12.